The van der Waals surface area contributed by atoms with Gasteiger partial charge in [-0.05, 0) is 19.1 Å². The van der Waals surface area contributed by atoms with Gasteiger partial charge in [-0.25, -0.2) is 23.3 Å². The average Bonchev–Trinajstić information content (AvgIpc) is 2.01. The number of rotatable bonds is 2. The van der Waals surface area contributed by atoms with E-state index in [9.17, 15) is 13.2 Å². The molecule has 1 aromatic heterocycles. The number of hydrogen-bond acceptors (Lipinski definition) is 4. The molecule has 0 radical (unpaired) electrons. The molecule has 0 bridgehead atoms. The molecule has 0 atom stereocenters. The van der Waals surface area contributed by atoms with Crippen LogP contribution in [0.15, 0.2) is 17.2 Å². The first-order valence-corrected chi connectivity index (χ1v) is 5.11. The fraction of sp³-hybridized carbons (Fsp3) is 0.143. The summed E-state index contributed by atoms with van der Waals surface area (Å²) in [6.07, 6.45) is 0. The van der Waals surface area contributed by atoms with Crippen molar-refractivity contribution < 1.29 is 18.3 Å². The van der Waals surface area contributed by atoms with Gasteiger partial charge in [-0.15, -0.1) is 0 Å². The van der Waals surface area contributed by atoms with Crippen LogP contribution >= 0.6 is 0 Å². The first-order chi connectivity index (χ1) is 6.32. The van der Waals surface area contributed by atoms with Gasteiger partial charge in [0.15, 0.2) is 5.03 Å². The Morgan fingerprint density at radius 1 is 1.50 bits per heavy atom. The first kappa shape index (κ1) is 10.6. The van der Waals surface area contributed by atoms with E-state index in [2.05, 4.69) is 4.98 Å². The maximum Gasteiger partial charge on any atom is 0.338 e. The number of nitrogens with two attached hydrogens (primary N) is 1. The lowest BCUT2D eigenvalue weighted by Gasteiger charge is -2.02. The monoisotopic (exact) mass is 216 g/mol. The highest BCUT2D eigenvalue weighted by atomic mass is 32.2. The number of carboxylic acids is 1. The predicted octanol–water partition coefficient (Wildman–Crippen LogP) is -0.264. The molecule has 0 amide bonds. The van der Waals surface area contributed by atoms with E-state index in [1.165, 1.54) is 6.07 Å². The summed E-state index contributed by atoms with van der Waals surface area (Å²) in [5, 5.41) is 12.9. The van der Waals surface area contributed by atoms with Crippen LogP contribution in [0.5, 0.6) is 0 Å². The molecule has 0 spiro atoms. The highest BCUT2D eigenvalue weighted by Crippen LogP contribution is 2.11. The van der Waals surface area contributed by atoms with Gasteiger partial charge in [0.2, 0.25) is 0 Å². The van der Waals surface area contributed by atoms with Crippen molar-refractivity contribution in [1.82, 2.24) is 4.98 Å². The molecular formula is C7H8N2O4S. The highest BCUT2D eigenvalue weighted by molar-refractivity contribution is 7.89. The number of aryl methyl sites for hydroxylation is 1. The lowest BCUT2D eigenvalue weighted by Crippen LogP contribution is -2.18. The van der Waals surface area contributed by atoms with Crippen LogP contribution in [-0.2, 0) is 10.0 Å². The lowest BCUT2D eigenvalue weighted by molar-refractivity contribution is 0.0691. The fourth-order valence-electron chi connectivity index (χ4n) is 0.913. The van der Waals surface area contributed by atoms with Crippen molar-refractivity contribution in [2.24, 2.45) is 5.14 Å². The highest BCUT2D eigenvalue weighted by Gasteiger charge is 2.20. The van der Waals surface area contributed by atoms with Gasteiger partial charge >= 0.3 is 5.97 Å². The van der Waals surface area contributed by atoms with Gasteiger partial charge < -0.3 is 5.11 Å². The van der Waals surface area contributed by atoms with Gasteiger partial charge in [0.05, 0.1) is 5.56 Å². The molecular weight excluding hydrogens is 208 g/mol. The molecule has 1 aromatic rings. The van der Waals surface area contributed by atoms with Crippen LogP contribution in [0.25, 0.3) is 0 Å². The number of primary sulfonamides is 1. The Labute approximate surface area is 80.4 Å². The Balaban J connectivity index is 3.54. The van der Waals surface area contributed by atoms with Gasteiger partial charge in [-0.1, -0.05) is 0 Å². The third-order valence-electron chi connectivity index (χ3n) is 1.50. The summed E-state index contributed by atoms with van der Waals surface area (Å²) in [4.78, 5) is 14.2. The smallest absolute Gasteiger partial charge is 0.338 e. The Kier molecular flexibility index (Phi) is 2.54. The van der Waals surface area contributed by atoms with Crippen molar-refractivity contribution in [3.05, 3.63) is 23.4 Å². The molecule has 76 valence electrons. The molecule has 3 N–H and O–H groups in total. The van der Waals surface area contributed by atoms with Gasteiger partial charge in [0.1, 0.15) is 0 Å². The van der Waals surface area contributed by atoms with E-state index >= 15 is 0 Å². The summed E-state index contributed by atoms with van der Waals surface area (Å²) in [6, 6.07) is 2.56. The number of sulfonamides is 1. The second-order valence-corrected chi connectivity index (χ2v) is 4.13. The van der Waals surface area contributed by atoms with Crippen LogP contribution in [0.3, 0.4) is 0 Å². The molecule has 0 unspecified atom stereocenters. The quantitative estimate of drug-likeness (QED) is 0.707. The normalized spacial score (nSPS) is 11.3. The molecule has 1 rings (SSSR count). The van der Waals surface area contributed by atoms with E-state index in [-0.39, 0.29) is 0 Å². The summed E-state index contributed by atoms with van der Waals surface area (Å²) in [7, 11) is -4.09. The molecule has 14 heavy (non-hydrogen) atoms. The molecule has 1 heterocycles. The van der Waals surface area contributed by atoms with Gasteiger partial charge in [-0.3, -0.25) is 0 Å². The van der Waals surface area contributed by atoms with Crippen LogP contribution in [0.2, 0.25) is 0 Å². The third-order valence-corrected chi connectivity index (χ3v) is 2.35. The molecule has 0 fully saturated rings. The average molecular weight is 216 g/mol. The van der Waals surface area contributed by atoms with Gasteiger partial charge in [0.25, 0.3) is 10.0 Å². The second-order valence-electron chi connectivity index (χ2n) is 2.66. The zero-order chi connectivity index (χ0) is 10.9. The number of aromatic carboxylic acids is 1. The number of carbonyl (C=O) groups is 1. The molecule has 0 aliphatic heterocycles. The predicted molar refractivity (Wildman–Crippen MR) is 47.3 cm³/mol. The molecule has 0 aliphatic carbocycles. The van der Waals surface area contributed by atoms with Crippen LogP contribution in [0.1, 0.15) is 16.1 Å². The van der Waals surface area contributed by atoms with Crippen molar-refractivity contribution in [3.8, 4) is 0 Å². The maximum atomic E-state index is 11.0. The molecule has 7 heteroatoms. The van der Waals surface area contributed by atoms with Crippen LogP contribution in [-0.4, -0.2) is 24.5 Å². The minimum absolute atomic E-state index is 0.388. The van der Waals surface area contributed by atoms with Gasteiger partial charge in [0, 0.05) is 5.69 Å². The van der Waals surface area contributed by atoms with Crippen molar-refractivity contribution >= 4 is 16.0 Å². The molecule has 0 saturated heterocycles. The van der Waals surface area contributed by atoms with E-state index < -0.39 is 26.6 Å². The first-order valence-electron chi connectivity index (χ1n) is 3.56. The Hall–Kier alpha value is -1.47. The van der Waals surface area contributed by atoms with Crippen LogP contribution in [0, 0.1) is 6.92 Å². The zero-order valence-electron chi connectivity index (χ0n) is 7.26. The summed E-state index contributed by atoms with van der Waals surface area (Å²) in [5.74, 6) is -1.37. The van der Waals surface area contributed by atoms with Crippen LogP contribution < -0.4 is 5.14 Å². The van der Waals surface area contributed by atoms with E-state index in [0.717, 1.165) is 6.07 Å². The van der Waals surface area contributed by atoms with Crippen molar-refractivity contribution in [2.45, 2.75) is 11.9 Å². The van der Waals surface area contributed by atoms with Crippen molar-refractivity contribution in [1.29, 1.82) is 0 Å². The van der Waals surface area contributed by atoms with Crippen molar-refractivity contribution in [3.63, 3.8) is 0 Å². The van der Waals surface area contributed by atoms with E-state index in [1.54, 1.807) is 6.92 Å². The Bertz CT molecular complexity index is 480. The fourth-order valence-corrected chi connectivity index (χ4v) is 1.65. The number of carboxylic acid groups (broad SMARTS) is 1. The Morgan fingerprint density at radius 2 is 2.07 bits per heavy atom. The van der Waals surface area contributed by atoms with Gasteiger partial charge in [-0.2, -0.15) is 0 Å². The topological polar surface area (TPSA) is 110 Å². The largest absolute Gasteiger partial charge is 0.478 e. The SMILES string of the molecule is Cc1ccc(C(=O)O)c(S(N)(=O)=O)n1. The minimum atomic E-state index is -4.09. The van der Waals surface area contributed by atoms with E-state index in [1.807, 2.05) is 0 Å². The number of nitrogens with zero attached hydrogens (tertiary/aromatic N) is 1. The number of pyridine rings is 1. The molecule has 0 aromatic carbocycles. The molecule has 6 nitrogen and oxygen atoms in total. The summed E-state index contributed by atoms with van der Waals surface area (Å²) in [5.41, 5.74) is -0.0304. The zero-order valence-corrected chi connectivity index (χ0v) is 8.08. The second kappa shape index (κ2) is 3.35. The molecule has 0 aliphatic rings. The van der Waals surface area contributed by atoms with Crippen LogP contribution in [0.4, 0.5) is 0 Å². The van der Waals surface area contributed by atoms with Crippen molar-refractivity contribution in [2.75, 3.05) is 0 Å². The summed E-state index contributed by atoms with van der Waals surface area (Å²) < 4.78 is 21.9. The maximum absolute atomic E-state index is 11.0. The molecule has 0 saturated carbocycles. The number of aromatic nitrogens is 1. The number of hydrogen-bond donors (Lipinski definition) is 2. The summed E-state index contributed by atoms with van der Waals surface area (Å²) in [6.45, 7) is 1.54. The summed E-state index contributed by atoms with van der Waals surface area (Å²) >= 11 is 0. The standard InChI is InChI=1S/C7H8N2O4S/c1-4-2-3-5(7(10)11)6(9-4)14(8,12)13/h2-3H,1H3,(H,10,11)(H2,8,12,13). The Morgan fingerprint density at radius 3 is 2.50 bits per heavy atom. The lowest BCUT2D eigenvalue weighted by atomic mass is 10.2. The third kappa shape index (κ3) is 2.06. The van der Waals surface area contributed by atoms with E-state index in [0.29, 0.717) is 5.69 Å². The van der Waals surface area contributed by atoms with E-state index in [4.69, 9.17) is 10.2 Å². The minimum Gasteiger partial charge on any atom is -0.478 e.